The van der Waals surface area contributed by atoms with Crippen molar-refractivity contribution in [2.24, 2.45) is 0 Å². The summed E-state index contributed by atoms with van der Waals surface area (Å²) < 4.78 is 0. The average molecular weight is 290 g/mol. The zero-order valence-corrected chi connectivity index (χ0v) is 11.7. The minimum Gasteiger partial charge on any atom is -0.326 e. The number of aromatic nitrogens is 1. The number of rotatable bonds is 2. The number of nitrogens with zero attached hydrogens (tertiary/aromatic N) is 1. The van der Waals surface area contributed by atoms with E-state index >= 15 is 0 Å². The normalized spacial score (nSPS) is 10.2. The van der Waals surface area contributed by atoms with Crippen molar-refractivity contribution in [2.75, 3.05) is 5.32 Å². The first-order chi connectivity index (χ1) is 10.7. The monoisotopic (exact) mass is 290 g/mol. The molecule has 1 amide bonds. The number of carbonyl (C=O) groups excluding carboxylic acids is 1. The van der Waals surface area contributed by atoms with Gasteiger partial charge in [0.1, 0.15) is 0 Å². The van der Waals surface area contributed by atoms with E-state index in [1.807, 2.05) is 42.5 Å². The smallest absolute Gasteiger partial charge is 0.259 e. The molecule has 3 N–H and O–H groups in total. The van der Waals surface area contributed by atoms with Gasteiger partial charge in [-0.1, -0.05) is 36.4 Å². The highest BCUT2D eigenvalue weighted by atomic mass is 16.1. The van der Waals surface area contributed by atoms with Crippen LogP contribution in [0.25, 0.3) is 10.8 Å². The van der Waals surface area contributed by atoms with E-state index in [1.54, 1.807) is 18.3 Å². The molecule has 108 valence electrons. The van der Waals surface area contributed by atoms with Gasteiger partial charge in [0.2, 0.25) is 0 Å². The van der Waals surface area contributed by atoms with Gasteiger partial charge in [-0.25, -0.2) is 0 Å². The minimum atomic E-state index is -0.370. The Bertz CT molecular complexity index is 825. The van der Waals surface area contributed by atoms with E-state index in [2.05, 4.69) is 15.6 Å². The number of amides is 1. The summed E-state index contributed by atoms with van der Waals surface area (Å²) in [6.07, 6.45) is 3.05. The fourth-order valence-electron chi connectivity index (χ4n) is 2.18. The zero-order chi connectivity index (χ0) is 15.4. The lowest BCUT2D eigenvalue weighted by Gasteiger charge is -2.11. The van der Waals surface area contributed by atoms with Crippen molar-refractivity contribution in [1.29, 1.82) is 5.41 Å². The molecule has 0 atom stereocenters. The van der Waals surface area contributed by atoms with Crippen LogP contribution in [0.3, 0.4) is 0 Å². The average Bonchev–Trinajstić information content (AvgIpc) is 2.56. The molecule has 2 aromatic carbocycles. The van der Waals surface area contributed by atoms with E-state index < -0.39 is 0 Å². The van der Waals surface area contributed by atoms with E-state index in [-0.39, 0.29) is 11.9 Å². The summed E-state index contributed by atoms with van der Waals surface area (Å²) in [5.74, 6) is -0.448. The van der Waals surface area contributed by atoms with Crippen molar-refractivity contribution in [3.05, 3.63) is 72.6 Å². The third kappa shape index (κ3) is 2.93. The molecule has 0 unspecified atom stereocenters. The molecule has 0 saturated heterocycles. The van der Waals surface area contributed by atoms with Gasteiger partial charge in [0.05, 0.1) is 5.56 Å². The Morgan fingerprint density at radius 3 is 2.64 bits per heavy atom. The number of anilines is 1. The molecule has 0 saturated carbocycles. The highest BCUT2D eigenvalue weighted by molar-refractivity contribution is 6.11. The molecule has 5 heteroatoms. The highest BCUT2D eigenvalue weighted by Crippen LogP contribution is 2.22. The van der Waals surface area contributed by atoms with Crippen molar-refractivity contribution >= 4 is 28.3 Å². The van der Waals surface area contributed by atoms with Crippen LogP contribution >= 0.6 is 0 Å². The first-order valence-corrected chi connectivity index (χ1v) is 6.79. The van der Waals surface area contributed by atoms with Crippen LogP contribution in [0.4, 0.5) is 5.69 Å². The molecule has 0 aliphatic carbocycles. The summed E-state index contributed by atoms with van der Waals surface area (Å²) in [6, 6.07) is 17.0. The van der Waals surface area contributed by atoms with Crippen LogP contribution < -0.4 is 10.6 Å². The van der Waals surface area contributed by atoms with E-state index in [4.69, 9.17) is 5.41 Å². The highest BCUT2D eigenvalue weighted by Gasteiger charge is 2.08. The summed E-state index contributed by atoms with van der Waals surface area (Å²) in [5, 5.41) is 15.4. The third-order valence-electron chi connectivity index (χ3n) is 3.21. The molecule has 0 radical (unpaired) electrons. The van der Waals surface area contributed by atoms with E-state index in [1.165, 1.54) is 6.20 Å². The fraction of sp³-hybridized carbons (Fsp3) is 0. The molecule has 0 fully saturated rings. The van der Waals surface area contributed by atoms with Gasteiger partial charge in [0, 0.05) is 23.5 Å². The number of guanidine groups is 1. The Hall–Kier alpha value is -3.21. The Balaban J connectivity index is 1.75. The van der Waals surface area contributed by atoms with Crippen LogP contribution in [0.2, 0.25) is 0 Å². The summed E-state index contributed by atoms with van der Waals surface area (Å²) in [5.41, 5.74) is 1.18. The van der Waals surface area contributed by atoms with Gasteiger partial charge in [-0.2, -0.15) is 0 Å². The maximum atomic E-state index is 12.0. The lowest BCUT2D eigenvalue weighted by molar-refractivity contribution is 0.0976. The molecule has 3 rings (SSSR count). The standard InChI is InChI=1S/C17H14N4O/c18-17(21-16(22)13-7-4-10-19-11-13)20-15-9-3-6-12-5-1-2-8-14(12)15/h1-11H,(H3,18,20,21,22). The first-order valence-electron chi connectivity index (χ1n) is 6.79. The second-order valence-electron chi connectivity index (χ2n) is 4.72. The van der Waals surface area contributed by atoms with Gasteiger partial charge in [0.15, 0.2) is 5.96 Å². The van der Waals surface area contributed by atoms with Crippen molar-refractivity contribution in [1.82, 2.24) is 10.3 Å². The number of hydrogen-bond acceptors (Lipinski definition) is 3. The molecule has 22 heavy (non-hydrogen) atoms. The lowest BCUT2D eigenvalue weighted by Crippen LogP contribution is -2.35. The Morgan fingerprint density at radius 2 is 1.82 bits per heavy atom. The molecule has 0 bridgehead atoms. The lowest BCUT2D eigenvalue weighted by atomic mass is 10.1. The summed E-state index contributed by atoms with van der Waals surface area (Å²) in [4.78, 5) is 15.9. The number of benzene rings is 2. The van der Waals surface area contributed by atoms with Crippen LogP contribution in [-0.4, -0.2) is 16.9 Å². The van der Waals surface area contributed by atoms with Crippen LogP contribution in [0.1, 0.15) is 10.4 Å². The molecule has 3 aromatic rings. The third-order valence-corrected chi connectivity index (χ3v) is 3.21. The van der Waals surface area contributed by atoms with Gasteiger partial charge in [-0.05, 0) is 23.6 Å². The second-order valence-corrected chi connectivity index (χ2v) is 4.72. The minimum absolute atomic E-state index is 0.0785. The Morgan fingerprint density at radius 1 is 1.00 bits per heavy atom. The summed E-state index contributed by atoms with van der Waals surface area (Å²) in [6.45, 7) is 0. The van der Waals surface area contributed by atoms with Crippen molar-refractivity contribution < 1.29 is 4.79 Å². The van der Waals surface area contributed by atoms with Crippen molar-refractivity contribution in [3.8, 4) is 0 Å². The molecule has 1 heterocycles. The van der Waals surface area contributed by atoms with Crippen LogP contribution in [-0.2, 0) is 0 Å². The second kappa shape index (κ2) is 6.05. The predicted octanol–water partition coefficient (Wildman–Crippen LogP) is 3.01. The summed E-state index contributed by atoms with van der Waals surface area (Å²) in [7, 11) is 0. The Labute approximate surface area is 127 Å². The summed E-state index contributed by atoms with van der Waals surface area (Å²) >= 11 is 0. The quantitative estimate of drug-likeness (QED) is 0.501. The number of hydrogen-bond donors (Lipinski definition) is 3. The van der Waals surface area contributed by atoms with Gasteiger partial charge in [-0.15, -0.1) is 0 Å². The molecule has 1 aromatic heterocycles. The number of fused-ring (bicyclic) bond motifs is 1. The molecule has 0 aliphatic rings. The topological polar surface area (TPSA) is 77.9 Å². The first kappa shape index (κ1) is 13.8. The zero-order valence-electron chi connectivity index (χ0n) is 11.7. The van der Waals surface area contributed by atoms with Crippen molar-refractivity contribution in [3.63, 3.8) is 0 Å². The van der Waals surface area contributed by atoms with Crippen LogP contribution in [0.15, 0.2) is 67.0 Å². The SMILES string of the molecule is N=C(NC(=O)c1cccnc1)Nc1cccc2ccccc12. The van der Waals surface area contributed by atoms with Gasteiger partial charge in [0.25, 0.3) is 5.91 Å². The van der Waals surface area contributed by atoms with Crippen molar-refractivity contribution in [2.45, 2.75) is 0 Å². The Kier molecular flexibility index (Phi) is 3.78. The number of nitrogens with one attached hydrogen (secondary N) is 3. The predicted molar refractivity (Wildman–Crippen MR) is 87.0 cm³/mol. The van der Waals surface area contributed by atoms with Gasteiger partial charge >= 0.3 is 0 Å². The number of pyridine rings is 1. The van der Waals surface area contributed by atoms with Gasteiger partial charge in [-0.3, -0.25) is 20.5 Å². The molecule has 5 nitrogen and oxygen atoms in total. The fourth-order valence-corrected chi connectivity index (χ4v) is 2.18. The molecular weight excluding hydrogens is 276 g/mol. The van der Waals surface area contributed by atoms with E-state index in [0.29, 0.717) is 5.56 Å². The molecule has 0 aliphatic heterocycles. The number of carbonyl (C=O) groups is 1. The van der Waals surface area contributed by atoms with Crippen LogP contribution in [0.5, 0.6) is 0 Å². The van der Waals surface area contributed by atoms with E-state index in [9.17, 15) is 4.79 Å². The largest absolute Gasteiger partial charge is 0.326 e. The molecule has 0 spiro atoms. The van der Waals surface area contributed by atoms with E-state index in [0.717, 1.165) is 16.5 Å². The maximum absolute atomic E-state index is 12.0. The van der Waals surface area contributed by atoms with Crippen LogP contribution in [0, 0.1) is 5.41 Å². The van der Waals surface area contributed by atoms with Gasteiger partial charge < -0.3 is 5.32 Å². The molecular formula is C17H14N4O. The maximum Gasteiger partial charge on any atom is 0.259 e.